The highest BCUT2D eigenvalue weighted by molar-refractivity contribution is 5.65. The molecule has 3 rings (SSSR count). The van der Waals surface area contributed by atoms with Crippen LogP contribution in [0.3, 0.4) is 0 Å². The molecule has 0 saturated carbocycles. The summed E-state index contributed by atoms with van der Waals surface area (Å²) in [5.74, 6) is -0.206. The van der Waals surface area contributed by atoms with Gasteiger partial charge < -0.3 is 5.32 Å². The molecule has 3 nitrogen and oxygen atoms in total. The molecular formula is C15H18FN3. The zero-order valence-electron chi connectivity index (χ0n) is 11.1. The SMILES string of the molecule is Cc1c(-c2cccc(F)c2)cnn1CC1CCCN1. The van der Waals surface area contributed by atoms with Gasteiger partial charge in [-0.25, -0.2) is 4.39 Å². The van der Waals surface area contributed by atoms with Crippen molar-refractivity contribution in [2.24, 2.45) is 0 Å². The Labute approximate surface area is 112 Å². The van der Waals surface area contributed by atoms with E-state index >= 15 is 0 Å². The second-order valence-corrected chi connectivity index (χ2v) is 5.13. The maximum absolute atomic E-state index is 13.3. The average molecular weight is 259 g/mol. The van der Waals surface area contributed by atoms with Gasteiger partial charge in [0.2, 0.25) is 0 Å². The molecule has 1 aromatic heterocycles. The Balaban J connectivity index is 1.85. The lowest BCUT2D eigenvalue weighted by Gasteiger charge is -2.12. The number of aromatic nitrogens is 2. The summed E-state index contributed by atoms with van der Waals surface area (Å²) in [5, 5.41) is 7.91. The van der Waals surface area contributed by atoms with Gasteiger partial charge in [-0.3, -0.25) is 4.68 Å². The van der Waals surface area contributed by atoms with Crippen molar-refractivity contribution >= 4 is 0 Å². The van der Waals surface area contributed by atoms with Crippen LogP contribution in [0.2, 0.25) is 0 Å². The first-order chi connectivity index (χ1) is 9.24. The lowest BCUT2D eigenvalue weighted by atomic mass is 10.1. The lowest BCUT2D eigenvalue weighted by Crippen LogP contribution is -2.27. The molecule has 1 aromatic carbocycles. The van der Waals surface area contributed by atoms with Gasteiger partial charge in [0.15, 0.2) is 0 Å². The van der Waals surface area contributed by atoms with Gasteiger partial charge in [-0.15, -0.1) is 0 Å². The molecule has 19 heavy (non-hydrogen) atoms. The van der Waals surface area contributed by atoms with Crippen molar-refractivity contribution in [3.63, 3.8) is 0 Å². The summed E-state index contributed by atoms with van der Waals surface area (Å²) in [5.41, 5.74) is 3.00. The fourth-order valence-corrected chi connectivity index (χ4v) is 2.69. The molecule has 1 aliphatic rings. The lowest BCUT2D eigenvalue weighted by molar-refractivity contribution is 0.469. The zero-order valence-corrected chi connectivity index (χ0v) is 11.1. The quantitative estimate of drug-likeness (QED) is 0.918. The van der Waals surface area contributed by atoms with E-state index in [4.69, 9.17) is 0 Å². The van der Waals surface area contributed by atoms with Gasteiger partial charge in [-0.1, -0.05) is 12.1 Å². The maximum Gasteiger partial charge on any atom is 0.123 e. The first-order valence-electron chi connectivity index (χ1n) is 6.76. The van der Waals surface area contributed by atoms with Crippen LogP contribution in [-0.4, -0.2) is 22.4 Å². The van der Waals surface area contributed by atoms with Crippen LogP contribution in [0.1, 0.15) is 18.5 Å². The van der Waals surface area contributed by atoms with Crippen LogP contribution in [0, 0.1) is 12.7 Å². The number of hydrogen-bond donors (Lipinski definition) is 1. The van der Waals surface area contributed by atoms with Gasteiger partial charge in [0, 0.05) is 17.3 Å². The topological polar surface area (TPSA) is 29.9 Å². The van der Waals surface area contributed by atoms with Crippen molar-refractivity contribution < 1.29 is 4.39 Å². The fourth-order valence-electron chi connectivity index (χ4n) is 2.69. The first-order valence-corrected chi connectivity index (χ1v) is 6.76. The van der Waals surface area contributed by atoms with Gasteiger partial charge >= 0.3 is 0 Å². The molecule has 100 valence electrons. The summed E-state index contributed by atoms with van der Waals surface area (Å²) in [7, 11) is 0. The number of benzene rings is 1. The van der Waals surface area contributed by atoms with E-state index < -0.39 is 0 Å². The zero-order chi connectivity index (χ0) is 13.2. The van der Waals surface area contributed by atoms with E-state index in [0.29, 0.717) is 6.04 Å². The molecule has 2 aromatic rings. The van der Waals surface area contributed by atoms with E-state index in [1.807, 2.05) is 23.9 Å². The number of halogens is 1. The molecule has 0 radical (unpaired) electrons. The monoisotopic (exact) mass is 259 g/mol. The normalized spacial score (nSPS) is 18.9. The van der Waals surface area contributed by atoms with Crippen molar-refractivity contribution in [3.8, 4) is 11.1 Å². The van der Waals surface area contributed by atoms with Crippen LogP contribution in [0.5, 0.6) is 0 Å². The third kappa shape index (κ3) is 2.54. The smallest absolute Gasteiger partial charge is 0.123 e. The third-order valence-corrected chi connectivity index (χ3v) is 3.79. The van der Waals surface area contributed by atoms with E-state index in [-0.39, 0.29) is 5.82 Å². The second-order valence-electron chi connectivity index (χ2n) is 5.13. The van der Waals surface area contributed by atoms with Crippen LogP contribution in [0.4, 0.5) is 4.39 Å². The fraction of sp³-hybridized carbons (Fsp3) is 0.400. The van der Waals surface area contributed by atoms with E-state index in [9.17, 15) is 4.39 Å². The molecule has 4 heteroatoms. The average Bonchev–Trinajstić information content (AvgIpc) is 3.01. The van der Waals surface area contributed by atoms with Crippen LogP contribution < -0.4 is 5.32 Å². The van der Waals surface area contributed by atoms with Gasteiger partial charge in [0.05, 0.1) is 12.7 Å². The van der Waals surface area contributed by atoms with Crippen molar-refractivity contribution in [2.75, 3.05) is 6.54 Å². The van der Waals surface area contributed by atoms with Crippen molar-refractivity contribution in [3.05, 3.63) is 42.0 Å². The highest BCUT2D eigenvalue weighted by Gasteiger charge is 2.17. The Morgan fingerprint density at radius 3 is 3.11 bits per heavy atom. The van der Waals surface area contributed by atoms with Crippen molar-refractivity contribution in [1.82, 2.24) is 15.1 Å². The Kier molecular flexibility index (Phi) is 3.34. The summed E-state index contributed by atoms with van der Waals surface area (Å²) in [6, 6.07) is 7.19. The van der Waals surface area contributed by atoms with Crippen LogP contribution in [-0.2, 0) is 6.54 Å². The number of nitrogens with zero attached hydrogens (tertiary/aromatic N) is 2. The summed E-state index contributed by atoms with van der Waals surface area (Å²) in [6.45, 7) is 4.03. The van der Waals surface area contributed by atoms with E-state index in [0.717, 1.165) is 29.9 Å². The Bertz CT molecular complexity index is 571. The van der Waals surface area contributed by atoms with Crippen molar-refractivity contribution in [2.45, 2.75) is 32.4 Å². The molecule has 1 atom stereocenters. The molecule has 0 spiro atoms. The molecule has 0 aliphatic carbocycles. The molecule has 1 saturated heterocycles. The Hall–Kier alpha value is -1.68. The number of hydrogen-bond acceptors (Lipinski definition) is 2. The second kappa shape index (κ2) is 5.13. The van der Waals surface area contributed by atoms with E-state index in [1.165, 1.54) is 18.9 Å². The summed E-state index contributed by atoms with van der Waals surface area (Å²) >= 11 is 0. The van der Waals surface area contributed by atoms with E-state index in [1.54, 1.807) is 12.1 Å². The molecule has 1 unspecified atom stereocenters. The predicted molar refractivity (Wildman–Crippen MR) is 73.4 cm³/mol. The highest BCUT2D eigenvalue weighted by Crippen LogP contribution is 2.24. The summed E-state index contributed by atoms with van der Waals surface area (Å²) < 4.78 is 15.3. The molecule has 1 aliphatic heterocycles. The maximum atomic E-state index is 13.3. The minimum absolute atomic E-state index is 0.206. The minimum atomic E-state index is -0.206. The van der Waals surface area contributed by atoms with E-state index in [2.05, 4.69) is 10.4 Å². The minimum Gasteiger partial charge on any atom is -0.312 e. The van der Waals surface area contributed by atoms with Gasteiger partial charge in [0.25, 0.3) is 0 Å². The summed E-state index contributed by atoms with van der Waals surface area (Å²) in [4.78, 5) is 0. The first kappa shape index (κ1) is 12.4. The van der Waals surface area contributed by atoms with Crippen LogP contribution >= 0.6 is 0 Å². The highest BCUT2D eigenvalue weighted by atomic mass is 19.1. The largest absolute Gasteiger partial charge is 0.312 e. The molecule has 0 amide bonds. The Morgan fingerprint density at radius 1 is 1.47 bits per heavy atom. The van der Waals surface area contributed by atoms with Crippen LogP contribution in [0.25, 0.3) is 11.1 Å². The molecule has 1 N–H and O–H groups in total. The number of rotatable bonds is 3. The Morgan fingerprint density at radius 2 is 2.37 bits per heavy atom. The third-order valence-electron chi connectivity index (χ3n) is 3.79. The molecule has 1 fully saturated rings. The van der Waals surface area contributed by atoms with Gasteiger partial charge in [-0.2, -0.15) is 5.10 Å². The molecule has 0 bridgehead atoms. The molecule has 2 heterocycles. The predicted octanol–water partition coefficient (Wildman–Crippen LogP) is 2.75. The van der Waals surface area contributed by atoms with Gasteiger partial charge in [0.1, 0.15) is 5.82 Å². The standard InChI is InChI=1S/C15H18FN3/c1-11-15(12-4-2-5-13(16)8-12)9-18-19(11)10-14-6-3-7-17-14/h2,4-5,8-9,14,17H,3,6-7,10H2,1H3. The van der Waals surface area contributed by atoms with Gasteiger partial charge in [-0.05, 0) is 44.0 Å². The van der Waals surface area contributed by atoms with Crippen LogP contribution in [0.15, 0.2) is 30.5 Å². The summed E-state index contributed by atoms with van der Waals surface area (Å²) in [6.07, 6.45) is 4.27. The van der Waals surface area contributed by atoms with Crippen molar-refractivity contribution in [1.29, 1.82) is 0 Å². The molecular weight excluding hydrogens is 241 g/mol. The number of nitrogens with one attached hydrogen (secondary N) is 1.